The average Bonchev–Trinajstić information content (AvgIpc) is 2.69. The van der Waals surface area contributed by atoms with Gasteiger partial charge in [0.25, 0.3) is 0 Å². The van der Waals surface area contributed by atoms with Gasteiger partial charge in [-0.2, -0.15) is 5.26 Å². The van der Waals surface area contributed by atoms with Gasteiger partial charge < -0.3 is 9.64 Å². The van der Waals surface area contributed by atoms with E-state index in [1.165, 1.54) is 0 Å². The lowest BCUT2D eigenvalue weighted by atomic mass is 9.95. The summed E-state index contributed by atoms with van der Waals surface area (Å²) in [5.74, 6) is 1.39. The van der Waals surface area contributed by atoms with Crippen LogP contribution in [0.1, 0.15) is 31.0 Å². The van der Waals surface area contributed by atoms with Gasteiger partial charge in [0.1, 0.15) is 5.82 Å². The van der Waals surface area contributed by atoms with Crippen molar-refractivity contribution in [2.75, 3.05) is 32.8 Å². The normalized spacial score (nSPS) is 15.8. The Morgan fingerprint density at radius 2 is 1.92 bits per heavy atom. The fourth-order valence-electron chi connectivity index (χ4n) is 3.17. The van der Waals surface area contributed by atoms with Crippen molar-refractivity contribution < 1.29 is 4.74 Å². The molecule has 1 aromatic heterocycles. The highest BCUT2D eigenvalue weighted by atomic mass is 16.5. The van der Waals surface area contributed by atoms with Crippen LogP contribution in [0.15, 0.2) is 42.6 Å². The minimum absolute atomic E-state index is 0.430. The van der Waals surface area contributed by atoms with Crippen LogP contribution in [0.2, 0.25) is 0 Å². The predicted octanol–water partition coefficient (Wildman–Crippen LogP) is 3.25. The zero-order chi connectivity index (χ0) is 17.3. The molecule has 2 aromatic rings. The van der Waals surface area contributed by atoms with Crippen LogP contribution < -0.4 is 0 Å². The van der Waals surface area contributed by atoms with Crippen molar-refractivity contribution in [3.05, 3.63) is 48.4 Å². The van der Waals surface area contributed by atoms with Gasteiger partial charge in [-0.3, -0.25) is 0 Å². The first-order valence-corrected chi connectivity index (χ1v) is 8.92. The zero-order valence-electron chi connectivity index (χ0n) is 14.5. The van der Waals surface area contributed by atoms with Gasteiger partial charge in [-0.1, -0.05) is 30.3 Å². The molecule has 0 spiro atoms. The second-order valence-corrected chi connectivity index (χ2v) is 6.30. The van der Waals surface area contributed by atoms with E-state index in [9.17, 15) is 0 Å². The molecule has 130 valence electrons. The van der Waals surface area contributed by atoms with Crippen LogP contribution >= 0.6 is 0 Å². The van der Waals surface area contributed by atoms with E-state index in [4.69, 9.17) is 15.0 Å². The number of benzene rings is 1. The lowest BCUT2D eigenvalue weighted by molar-refractivity contribution is 0.0967. The van der Waals surface area contributed by atoms with Crippen molar-refractivity contribution in [3.63, 3.8) is 0 Å². The van der Waals surface area contributed by atoms with Gasteiger partial charge in [0.2, 0.25) is 0 Å². The first kappa shape index (κ1) is 17.5. The highest BCUT2D eigenvalue weighted by Crippen LogP contribution is 2.27. The van der Waals surface area contributed by atoms with Crippen LogP contribution in [-0.4, -0.2) is 47.7 Å². The molecule has 0 atom stereocenters. The first-order chi connectivity index (χ1) is 12.4. The smallest absolute Gasteiger partial charge is 0.132 e. The Labute approximate surface area is 149 Å². The minimum atomic E-state index is 0.430. The largest absolute Gasteiger partial charge is 0.379 e. The van der Waals surface area contributed by atoms with Crippen molar-refractivity contribution in [2.45, 2.75) is 25.2 Å². The third kappa shape index (κ3) is 5.09. The van der Waals surface area contributed by atoms with E-state index in [1.807, 2.05) is 30.5 Å². The van der Waals surface area contributed by atoms with Gasteiger partial charge in [-0.15, -0.1) is 0 Å². The molecule has 0 amide bonds. The summed E-state index contributed by atoms with van der Waals surface area (Å²) < 4.78 is 5.46. The van der Waals surface area contributed by atoms with Crippen LogP contribution in [0.25, 0.3) is 11.3 Å². The Morgan fingerprint density at radius 3 is 2.68 bits per heavy atom. The molecule has 1 aliphatic rings. The summed E-state index contributed by atoms with van der Waals surface area (Å²) in [6.45, 7) is 4.26. The molecule has 1 aromatic carbocycles. The Bertz CT molecular complexity index is 690. The summed E-state index contributed by atoms with van der Waals surface area (Å²) in [6, 6.07) is 14.3. The minimum Gasteiger partial charge on any atom is -0.379 e. The maximum atomic E-state index is 8.49. The van der Waals surface area contributed by atoms with Crippen molar-refractivity contribution in [2.24, 2.45) is 0 Å². The quantitative estimate of drug-likeness (QED) is 0.726. The Morgan fingerprint density at radius 1 is 1.12 bits per heavy atom. The molecule has 25 heavy (non-hydrogen) atoms. The van der Waals surface area contributed by atoms with E-state index in [0.29, 0.717) is 25.6 Å². The van der Waals surface area contributed by atoms with Crippen LogP contribution in [0.3, 0.4) is 0 Å². The lowest BCUT2D eigenvalue weighted by Crippen LogP contribution is -2.35. The Balaban J connectivity index is 1.51. The van der Waals surface area contributed by atoms with Crippen molar-refractivity contribution >= 4 is 0 Å². The van der Waals surface area contributed by atoms with Gasteiger partial charge in [-0.25, -0.2) is 9.97 Å². The molecular formula is C20H24N4O. The number of ether oxygens (including phenoxy) is 1. The summed E-state index contributed by atoms with van der Waals surface area (Å²) in [7, 11) is 0. The molecule has 3 rings (SSSR count). The molecule has 1 fully saturated rings. The molecule has 0 aliphatic carbocycles. The number of nitriles is 1. The monoisotopic (exact) mass is 336 g/mol. The van der Waals surface area contributed by atoms with E-state index >= 15 is 0 Å². The van der Waals surface area contributed by atoms with Gasteiger partial charge in [-0.05, 0) is 32.0 Å². The third-order valence-electron chi connectivity index (χ3n) is 4.61. The molecule has 0 unspecified atom stereocenters. The molecule has 1 aliphatic heterocycles. The average molecular weight is 336 g/mol. The fourth-order valence-corrected chi connectivity index (χ4v) is 3.17. The number of hydrogen-bond acceptors (Lipinski definition) is 5. The van der Waals surface area contributed by atoms with Crippen LogP contribution in [-0.2, 0) is 4.74 Å². The van der Waals surface area contributed by atoms with Gasteiger partial charge in [0, 0.05) is 24.2 Å². The SMILES string of the molecule is N#CCCOCCN1CCC(c2nccc(-c3ccccc3)n2)CC1. The Hall–Kier alpha value is -2.29. The highest BCUT2D eigenvalue weighted by molar-refractivity contribution is 5.58. The van der Waals surface area contributed by atoms with E-state index in [0.717, 1.165) is 49.6 Å². The molecule has 5 heteroatoms. The molecule has 0 N–H and O–H groups in total. The molecule has 0 saturated carbocycles. The maximum absolute atomic E-state index is 8.49. The molecule has 1 saturated heterocycles. The van der Waals surface area contributed by atoms with Gasteiger partial charge >= 0.3 is 0 Å². The fraction of sp³-hybridized carbons (Fsp3) is 0.450. The van der Waals surface area contributed by atoms with E-state index in [2.05, 4.69) is 28.1 Å². The lowest BCUT2D eigenvalue weighted by Gasteiger charge is -2.31. The molecule has 2 heterocycles. The number of rotatable bonds is 7. The molecule has 0 radical (unpaired) electrons. The van der Waals surface area contributed by atoms with Crippen LogP contribution in [0.5, 0.6) is 0 Å². The number of likely N-dealkylation sites (tertiary alicyclic amines) is 1. The summed E-state index contributed by atoms with van der Waals surface area (Å²) in [4.78, 5) is 11.7. The number of nitrogens with zero attached hydrogens (tertiary/aromatic N) is 4. The number of hydrogen-bond donors (Lipinski definition) is 0. The van der Waals surface area contributed by atoms with E-state index in [-0.39, 0.29) is 0 Å². The Kier molecular flexibility index (Phi) is 6.49. The summed E-state index contributed by atoms with van der Waals surface area (Å²) in [5.41, 5.74) is 2.14. The first-order valence-electron chi connectivity index (χ1n) is 8.92. The van der Waals surface area contributed by atoms with Crippen molar-refractivity contribution in [1.82, 2.24) is 14.9 Å². The molecular weight excluding hydrogens is 312 g/mol. The summed E-state index contributed by atoms with van der Waals surface area (Å²) in [5, 5.41) is 8.49. The van der Waals surface area contributed by atoms with E-state index in [1.54, 1.807) is 0 Å². The highest BCUT2D eigenvalue weighted by Gasteiger charge is 2.22. The molecule has 0 bridgehead atoms. The third-order valence-corrected chi connectivity index (χ3v) is 4.61. The predicted molar refractivity (Wildman–Crippen MR) is 96.9 cm³/mol. The van der Waals surface area contributed by atoms with Gasteiger partial charge in [0.15, 0.2) is 0 Å². The second-order valence-electron chi connectivity index (χ2n) is 6.30. The van der Waals surface area contributed by atoms with Crippen molar-refractivity contribution in [1.29, 1.82) is 5.26 Å². The zero-order valence-corrected chi connectivity index (χ0v) is 14.5. The summed E-state index contributed by atoms with van der Waals surface area (Å²) in [6.07, 6.45) is 4.50. The molecule has 5 nitrogen and oxygen atoms in total. The maximum Gasteiger partial charge on any atom is 0.132 e. The standard InChI is InChI=1S/C20H24N4O/c21-10-4-15-25-16-14-24-12-8-18(9-13-24)20-22-11-7-19(23-20)17-5-2-1-3-6-17/h1-3,5-7,11,18H,4,8-9,12-16H2. The van der Waals surface area contributed by atoms with Crippen LogP contribution in [0.4, 0.5) is 0 Å². The summed E-state index contributed by atoms with van der Waals surface area (Å²) >= 11 is 0. The van der Waals surface area contributed by atoms with Crippen LogP contribution in [0, 0.1) is 11.3 Å². The topological polar surface area (TPSA) is 62.0 Å². The number of piperidine rings is 1. The van der Waals surface area contributed by atoms with Crippen molar-refractivity contribution in [3.8, 4) is 17.3 Å². The second kappa shape index (κ2) is 9.26. The number of aromatic nitrogens is 2. The van der Waals surface area contributed by atoms with Gasteiger partial charge in [0.05, 0.1) is 31.4 Å². The van der Waals surface area contributed by atoms with E-state index < -0.39 is 0 Å².